The third kappa shape index (κ3) is 2.09. The molecule has 106 valence electrons. The Hall–Kier alpha value is -2.59. The zero-order chi connectivity index (χ0) is 15.1. The van der Waals surface area contributed by atoms with Crippen molar-refractivity contribution in [3.8, 4) is 11.4 Å². The smallest absolute Gasteiger partial charge is 0.259 e. The molecule has 0 saturated heterocycles. The van der Waals surface area contributed by atoms with Gasteiger partial charge < -0.3 is 4.98 Å². The number of nitrogens with zero attached hydrogens (tertiary/aromatic N) is 1. The fraction of sp³-hybridized carbons (Fsp3) is 0. The molecule has 0 bridgehead atoms. The fourth-order valence-electron chi connectivity index (χ4n) is 2.63. The lowest BCUT2D eigenvalue weighted by atomic mass is 10.1. The first-order valence-corrected chi connectivity index (χ1v) is 7.38. The lowest BCUT2D eigenvalue weighted by molar-refractivity contribution is 1.17. The molecule has 0 aliphatic heterocycles. The highest BCUT2D eigenvalue weighted by Gasteiger charge is 2.09. The molecule has 3 aromatic carbocycles. The van der Waals surface area contributed by atoms with Gasteiger partial charge in [0.25, 0.3) is 5.56 Å². The number of hydrogen-bond donors (Lipinski definition) is 2. The molecule has 0 radical (unpaired) electrons. The number of para-hydroxylation sites is 1. The van der Waals surface area contributed by atoms with Gasteiger partial charge in [-0.25, -0.2) is 4.98 Å². The minimum atomic E-state index is -0.138. The Morgan fingerprint density at radius 1 is 0.909 bits per heavy atom. The first-order chi connectivity index (χ1) is 10.7. The SMILES string of the molecule is O=c1[nH]c(-c2cc3ccccc3cc2S)nc2ccccc12. The minimum absolute atomic E-state index is 0.138. The van der Waals surface area contributed by atoms with Gasteiger partial charge in [0.05, 0.1) is 10.9 Å². The summed E-state index contributed by atoms with van der Waals surface area (Å²) in [5.74, 6) is 0.541. The minimum Gasteiger partial charge on any atom is -0.306 e. The Morgan fingerprint density at radius 3 is 2.41 bits per heavy atom. The van der Waals surface area contributed by atoms with Crippen LogP contribution in [0.4, 0.5) is 0 Å². The standard InChI is InChI=1S/C18H12N2OS/c21-18-13-7-3-4-8-15(13)19-17(20-18)14-9-11-5-1-2-6-12(11)10-16(14)22/h1-10,22H,(H,19,20,21). The van der Waals surface area contributed by atoms with Gasteiger partial charge in [0.15, 0.2) is 0 Å². The van der Waals surface area contributed by atoms with E-state index in [0.29, 0.717) is 16.7 Å². The van der Waals surface area contributed by atoms with Gasteiger partial charge >= 0.3 is 0 Å². The van der Waals surface area contributed by atoms with Crippen LogP contribution in [0.15, 0.2) is 70.4 Å². The Labute approximate surface area is 132 Å². The summed E-state index contributed by atoms with van der Waals surface area (Å²) in [7, 11) is 0. The van der Waals surface area contributed by atoms with E-state index >= 15 is 0 Å². The molecule has 0 atom stereocenters. The summed E-state index contributed by atoms with van der Waals surface area (Å²) >= 11 is 4.55. The quantitative estimate of drug-likeness (QED) is 0.521. The second-order valence-electron chi connectivity index (χ2n) is 5.15. The topological polar surface area (TPSA) is 45.8 Å². The van der Waals surface area contributed by atoms with Crippen LogP contribution in [0.3, 0.4) is 0 Å². The van der Waals surface area contributed by atoms with Crippen LogP contribution in [0, 0.1) is 0 Å². The summed E-state index contributed by atoms with van der Waals surface area (Å²) in [6.45, 7) is 0. The van der Waals surface area contributed by atoms with E-state index in [-0.39, 0.29) is 5.56 Å². The second-order valence-corrected chi connectivity index (χ2v) is 5.63. The van der Waals surface area contributed by atoms with E-state index in [1.807, 2.05) is 54.6 Å². The van der Waals surface area contributed by atoms with Crippen LogP contribution >= 0.6 is 12.6 Å². The van der Waals surface area contributed by atoms with Crippen LogP contribution < -0.4 is 5.56 Å². The van der Waals surface area contributed by atoms with Gasteiger partial charge in [0, 0.05) is 10.5 Å². The number of rotatable bonds is 1. The molecule has 0 spiro atoms. The number of H-pyrrole nitrogens is 1. The molecule has 22 heavy (non-hydrogen) atoms. The average Bonchev–Trinajstić information content (AvgIpc) is 2.54. The van der Waals surface area contributed by atoms with Crippen LogP contribution in [-0.2, 0) is 0 Å². The van der Waals surface area contributed by atoms with Crippen LogP contribution in [0.1, 0.15) is 0 Å². The first kappa shape index (κ1) is 13.1. The molecule has 1 aromatic heterocycles. The normalized spacial score (nSPS) is 11.1. The molecule has 4 rings (SSSR count). The Morgan fingerprint density at radius 2 is 1.59 bits per heavy atom. The van der Waals surface area contributed by atoms with Crippen molar-refractivity contribution in [2.75, 3.05) is 0 Å². The molecule has 3 nitrogen and oxygen atoms in total. The first-order valence-electron chi connectivity index (χ1n) is 6.93. The molecule has 0 saturated carbocycles. The van der Waals surface area contributed by atoms with E-state index in [1.54, 1.807) is 6.07 Å². The Balaban J connectivity index is 2.02. The molecule has 1 N–H and O–H groups in total. The molecule has 0 aliphatic carbocycles. The molecular weight excluding hydrogens is 292 g/mol. The van der Waals surface area contributed by atoms with Crippen molar-refractivity contribution in [3.05, 3.63) is 71.0 Å². The summed E-state index contributed by atoms with van der Waals surface area (Å²) in [6, 6.07) is 19.4. The van der Waals surface area contributed by atoms with E-state index in [2.05, 4.69) is 22.6 Å². The summed E-state index contributed by atoms with van der Waals surface area (Å²) in [4.78, 5) is 20.4. The maximum atomic E-state index is 12.2. The summed E-state index contributed by atoms with van der Waals surface area (Å²) < 4.78 is 0. The predicted molar refractivity (Wildman–Crippen MR) is 92.6 cm³/mol. The van der Waals surface area contributed by atoms with Crippen LogP contribution in [-0.4, -0.2) is 9.97 Å². The van der Waals surface area contributed by atoms with Gasteiger partial charge in [-0.15, -0.1) is 12.6 Å². The largest absolute Gasteiger partial charge is 0.306 e. The number of nitrogens with one attached hydrogen (secondary N) is 1. The number of thiol groups is 1. The van der Waals surface area contributed by atoms with Crippen molar-refractivity contribution in [2.24, 2.45) is 0 Å². The molecular formula is C18H12N2OS. The van der Waals surface area contributed by atoms with Crippen molar-refractivity contribution >= 4 is 34.3 Å². The number of fused-ring (bicyclic) bond motifs is 2. The summed E-state index contributed by atoms with van der Waals surface area (Å²) in [5.41, 5.74) is 1.37. The van der Waals surface area contributed by atoms with Crippen molar-refractivity contribution in [3.63, 3.8) is 0 Å². The fourth-order valence-corrected chi connectivity index (χ4v) is 2.94. The van der Waals surface area contributed by atoms with E-state index in [0.717, 1.165) is 21.2 Å². The number of benzene rings is 3. The van der Waals surface area contributed by atoms with Crippen molar-refractivity contribution < 1.29 is 0 Å². The van der Waals surface area contributed by atoms with Crippen LogP contribution in [0.25, 0.3) is 33.1 Å². The average molecular weight is 304 g/mol. The van der Waals surface area contributed by atoms with Crippen molar-refractivity contribution in [1.82, 2.24) is 9.97 Å². The van der Waals surface area contributed by atoms with Gasteiger partial charge in [-0.2, -0.15) is 0 Å². The number of aromatic amines is 1. The molecule has 0 amide bonds. The molecule has 1 heterocycles. The van der Waals surface area contributed by atoms with E-state index in [1.165, 1.54) is 0 Å². The molecule has 0 unspecified atom stereocenters. The monoisotopic (exact) mass is 304 g/mol. The Kier molecular flexibility index (Phi) is 2.98. The maximum absolute atomic E-state index is 12.2. The van der Waals surface area contributed by atoms with E-state index in [9.17, 15) is 4.79 Å². The van der Waals surface area contributed by atoms with Crippen molar-refractivity contribution in [2.45, 2.75) is 4.90 Å². The lowest BCUT2D eigenvalue weighted by Gasteiger charge is -2.08. The third-order valence-corrected chi connectivity index (χ3v) is 4.10. The maximum Gasteiger partial charge on any atom is 0.259 e. The van der Waals surface area contributed by atoms with Gasteiger partial charge in [-0.05, 0) is 35.0 Å². The zero-order valence-electron chi connectivity index (χ0n) is 11.6. The Bertz CT molecular complexity index is 1070. The highest BCUT2D eigenvalue weighted by atomic mass is 32.1. The van der Waals surface area contributed by atoms with E-state index in [4.69, 9.17) is 0 Å². The highest BCUT2D eigenvalue weighted by Crippen LogP contribution is 2.29. The molecule has 0 fully saturated rings. The molecule has 0 aliphatic rings. The van der Waals surface area contributed by atoms with Gasteiger partial charge in [-0.1, -0.05) is 36.4 Å². The number of aromatic nitrogens is 2. The zero-order valence-corrected chi connectivity index (χ0v) is 12.5. The second kappa shape index (κ2) is 5.00. The van der Waals surface area contributed by atoms with Crippen LogP contribution in [0.2, 0.25) is 0 Å². The van der Waals surface area contributed by atoms with Gasteiger partial charge in [-0.3, -0.25) is 4.79 Å². The molecule has 4 heteroatoms. The van der Waals surface area contributed by atoms with Crippen LogP contribution in [0.5, 0.6) is 0 Å². The molecule has 4 aromatic rings. The summed E-state index contributed by atoms with van der Waals surface area (Å²) in [5, 5.41) is 2.79. The predicted octanol–water partition coefficient (Wildman–Crippen LogP) is 4.03. The third-order valence-electron chi connectivity index (χ3n) is 3.73. The summed E-state index contributed by atoms with van der Waals surface area (Å²) in [6.07, 6.45) is 0. The highest BCUT2D eigenvalue weighted by molar-refractivity contribution is 7.80. The number of hydrogen-bond acceptors (Lipinski definition) is 3. The van der Waals surface area contributed by atoms with Gasteiger partial charge in [0.1, 0.15) is 5.82 Å². The van der Waals surface area contributed by atoms with Gasteiger partial charge in [0.2, 0.25) is 0 Å². The van der Waals surface area contributed by atoms with Crippen molar-refractivity contribution in [1.29, 1.82) is 0 Å². The lowest BCUT2D eigenvalue weighted by Crippen LogP contribution is -2.09. The van der Waals surface area contributed by atoms with E-state index < -0.39 is 0 Å².